The van der Waals surface area contributed by atoms with Gasteiger partial charge in [0.25, 0.3) is 0 Å². The molecule has 0 fully saturated rings. The number of benzene rings is 1. The van der Waals surface area contributed by atoms with Crippen LogP contribution in [0.4, 0.5) is 0 Å². The average molecular weight is 312 g/mol. The van der Waals surface area contributed by atoms with Crippen molar-refractivity contribution in [3.8, 4) is 0 Å². The second-order valence-corrected chi connectivity index (χ2v) is 7.36. The van der Waals surface area contributed by atoms with Crippen LogP contribution in [0.3, 0.4) is 0 Å². The molecular formula is C16H28N2O2S. The summed E-state index contributed by atoms with van der Waals surface area (Å²) in [4.78, 5) is 0.300. The lowest BCUT2D eigenvalue weighted by atomic mass is 9.95. The molecule has 21 heavy (non-hydrogen) atoms. The fourth-order valence-corrected chi connectivity index (χ4v) is 3.83. The lowest BCUT2D eigenvalue weighted by Crippen LogP contribution is -2.52. The minimum absolute atomic E-state index is 0.296. The van der Waals surface area contributed by atoms with Gasteiger partial charge in [-0.1, -0.05) is 39.8 Å². The third-order valence-electron chi connectivity index (χ3n) is 4.47. The van der Waals surface area contributed by atoms with Gasteiger partial charge in [0.05, 0.1) is 4.90 Å². The Bertz CT molecular complexity index is 526. The highest BCUT2D eigenvalue weighted by Crippen LogP contribution is 2.22. The Hall–Kier alpha value is -0.910. The predicted octanol–water partition coefficient (Wildman–Crippen LogP) is 3.00. The Labute approximate surface area is 129 Å². The molecule has 4 nitrogen and oxygen atoms in total. The molecule has 0 radical (unpaired) electrons. The summed E-state index contributed by atoms with van der Waals surface area (Å²) in [6, 6.07) is 7.14. The first-order valence-electron chi connectivity index (χ1n) is 7.68. The van der Waals surface area contributed by atoms with Crippen LogP contribution in [0, 0.1) is 0 Å². The van der Waals surface area contributed by atoms with Crippen molar-refractivity contribution in [1.29, 1.82) is 0 Å². The first-order valence-corrected chi connectivity index (χ1v) is 9.16. The van der Waals surface area contributed by atoms with E-state index in [0.717, 1.165) is 12.0 Å². The van der Waals surface area contributed by atoms with Crippen molar-refractivity contribution < 1.29 is 8.42 Å². The minimum Gasteiger partial charge on any atom is -0.329 e. The largest absolute Gasteiger partial charge is 0.329 e. The van der Waals surface area contributed by atoms with Crippen LogP contribution in [0.5, 0.6) is 0 Å². The standard InChI is InChI=1S/C16H28N2O2S/c1-5-13(4)14-8-10-15(11-9-14)21(19,20)18-16(6-2,7-3)12-17/h8-11,13,18H,5-7,12,17H2,1-4H3. The maximum absolute atomic E-state index is 12.5. The summed E-state index contributed by atoms with van der Waals surface area (Å²) in [5, 5.41) is 0. The SMILES string of the molecule is CCC(C)c1ccc(S(=O)(=O)NC(CC)(CC)CN)cc1. The minimum atomic E-state index is -3.53. The van der Waals surface area contributed by atoms with E-state index in [4.69, 9.17) is 5.73 Å². The van der Waals surface area contributed by atoms with E-state index in [-0.39, 0.29) is 0 Å². The number of rotatable bonds is 8. The van der Waals surface area contributed by atoms with E-state index in [2.05, 4.69) is 18.6 Å². The molecule has 0 saturated heterocycles. The zero-order valence-corrected chi connectivity index (χ0v) is 14.3. The van der Waals surface area contributed by atoms with Crippen LogP contribution in [-0.4, -0.2) is 20.5 Å². The molecule has 1 atom stereocenters. The Morgan fingerprint density at radius 3 is 2.05 bits per heavy atom. The maximum atomic E-state index is 12.5. The molecule has 1 rings (SSSR count). The summed E-state index contributed by atoms with van der Waals surface area (Å²) >= 11 is 0. The second-order valence-electron chi connectivity index (χ2n) is 5.68. The molecule has 0 heterocycles. The molecule has 5 heteroatoms. The number of hydrogen-bond donors (Lipinski definition) is 2. The Balaban J connectivity index is 3.03. The third kappa shape index (κ3) is 4.28. The molecule has 0 aliphatic heterocycles. The molecule has 0 spiro atoms. The van der Waals surface area contributed by atoms with Crippen LogP contribution in [-0.2, 0) is 10.0 Å². The van der Waals surface area contributed by atoms with E-state index in [1.165, 1.54) is 0 Å². The molecule has 1 aromatic rings. The van der Waals surface area contributed by atoms with Gasteiger partial charge in [-0.2, -0.15) is 0 Å². The van der Waals surface area contributed by atoms with Crippen LogP contribution >= 0.6 is 0 Å². The predicted molar refractivity (Wildman–Crippen MR) is 87.8 cm³/mol. The van der Waals surface area contributed by atoms with Crippen molar-refractivity contribution in [2.75, 3.05) is 6.54 Å². The average Bonchev–Trinajstić information content (AvgIpc) is 2.52. The third-order valence-corrected chi connectivity index (χ3v) is 6.06. The van der Waals surface area contributed by atoms with Gasteiger partial charge in [-0.3, -0.25) is 0 Å². The molecule has 1 unspecified atom stereocenters. The summed E-state index contributed by atoms with van der Waals surface area (Å²) < 4.78 is 27.8. The lowest BCUT2D eigenvalue weighted by Gasteiger charge is -2.31. The number of sulfonamides is 1. The fraction of sp³-hybridized carbons (Fsp3) is 0.625. The molecule has 0 aliphatic carbocycles. The summed E-state index contributed by atoms with van der Waals surface area (Å²) in [7, 11) is -3.53. The van der Waals surface area contributed by atoms with Gasteiger partial charge in [-0.15, -0.1) is 0 Å². The van der Waals surface area contributed by atoms with Gasteiger partial charge < -0.3 is 5.73 Å². The van der Waals surface area contributed by atoms with Gasteiger partial charge >= 0.3 is 0 Å². The van der Waals surface area contributed by atoms with E-state index >= 15 is 0 Å². The second kappa shape index (κ2) is 7.38. The summed E-state index contributed by atoms with van der Waals surface area (Å²) in [6.07, 6.45) is 2.38. The quantitative estimate of drug-likeness (QED) is 0.775. The highest BCUT2D eigenvalue weighted by atomic mass is 32.2. The zero-order valence-electron chi connectivity index (χ0n) is 13.5. The molecule has 0 saturated carbocycles. The van der Waals surface area contributed by atoms with E-state index < -0.39 is 15.6 Å². The Kier molecular flexibility index (Phi) is 6.38. The van der Waals surface area contributed by atoms with Gasteiger partial charge in [0, 0.05) is 12.1 Å². The number of hydrogen-bond acceptors (Lipinski definition) is 3. The van der Waals surface area contributed by atoms with Crippen molar-refractivity contribution in [1.82, 2.24) is 4.72 Å². The van der Waals surface area contributed by atoms with E-state index in [1.807, 2.05) is 26.0 Å². The highest BCUT2D eigenvalue weighted by molar-refractivity contribution is 7.89. The lowest BCUT2D eigenvalue weighted by molar-refractivity contribution is 0.363. The first-order chi connectivity index (χ1) is 9.84. The van der Waals surface area contributed by atoms with Crippen LogP contribution in [0.15, 0.2) is 29.2 Å². The maximum Gasteiger partial charge on any atom is 0.241 e. The zero-order chi connectivity index (χ0) is 16.1. The highest BCUT2D eigenvalue weighted by Gasteiger charge is 2.30. The van der Waals surface area contributed by atoms with Crippen molar-refractivity contribution in [2.45, 2.75) is 63.3 Å². The molecule has 0 amide bonds. The van der Waals surface area contributed by atoms with E-state index in [1.54, 1.807) is 12.1 Å². The molecule has 0 aliphatic rings. The van der Waals surface area contributed by atoms with Crippen molar-refractivity contribution in [2.24, 2.45) is 5.73 Å². The van der Waals surface area contributed by atoms with Gasteiger partial charge in [0.15, 0.2) is 0 Å². The molecule has 0 bridgehead atoms. The van der Waals surface area contributed by atoms with Crippen molar-refractivity contribution in [3.05, 3.63) is 29.8 Å². The summed E-state index contributed by atoms with van der Waals surface area (Å²) in [5.41, 5.74) is 6.37. The normalized spacial score (nSPS) is 14.1. The Morgan fingerprint density at radius 1 is 1.14 bits per heavy atom. The van der Waals surface area contributed by atoms with Crippen LogP contribution < -0.4 is 10.5 Å². The molecular weight excluding hydrogens is 284 g/mol. The van der Waals surface area contributed by atoms with Crippen LogP contribution in [0.25, 0.3) is 0 Å². The van der Waals surface area contributed by atoms with E-state index in [0.29, 0.717) is 30.2 Å². The molecule has 3 N–H and O–H groups in total. The summed E-state index contributed by atoms with van der Waals surface area (Å²) in [5.74, 6) is 0.434. The summed E-state index contributed by atoms with van der Waals surface area (Å²) in [6.45, 7) is 8.45. The molecule has 0 aromatic heterocycles. The smallest absolute Gasteiger partial charge is 0.241 e. The van der Waals surface area contributed by atoms with Crippen LogP contribution in [0.1, 0.15) is 58.4 Å². The number of nitrogens with two attached hydrogens (primary N) is 1. The fourth-order valence-electron chi connectivity index (χ4n) is 2.28. The van der Waals surface area contributed by atoms with Gasteiger partial charge in [0.2, 0.25) is 10.0 Å². The monoisotopic (exact) mass is 312 g/mol. The first kappa shape index (κ1) is 18.1. The molecule has 1 aromatic carbocycles. The van der Waals surface area contributed by atoms with Crippen molar-refractivity contribution in [3.63, 3.8) is 0 Å². The van der Waals surface area contributed by atoms with Crippen molar-refractivity contribution >= 4 is 10.0 Å². The number of nitrogens with one attached hydrogen (secondary N) is 1. The molecule has 120 valence electrons. The van der Waals surface area contributed by atoms with Crippen LogP contribution in [0.2, 0.25) is 0 Å². The topological polar surface area (TPSA) is 72.2 Å². The van der Waals surface area contributed by atoms with E-state index in [9.17, 15) is 8.42 Å². The van der Waals surface area contributed by atoms with Gasteiger partial charge in [0.1, 0.15) is 0 Å². The van der Waals surface area contributed by atoms with Gasteiger partial charge in [-0.25, -0.2) is 13.1 Å². The van der Waals surface area contributed by atoms with Gasteiger partial charge in [-0.05, 0) is 42.9 Å². The Morgan fingerprint density at radius 2 is 1.67 bits per heavy atom.